The first-order valence-electron chi connectivity index (χ1n) is 8.59. The topological polar surface area (TPSA) is 71.5 Å². The van der Waals surface area contributed by atoms with Gasteiger partial charge in [-0.2, -0.15) is 13.2 Å². The Morgan fingerprint density at radius 2 is 1.93 bits per heavy atom. The first-order chi connectivity index (χ1) is 13.2. The fourth-order valence-electron chi connectivity index (χ4n) is 2.43. The van der Waals surface area contributed by atoms with E-state index in [2.05, 4.69) is 10.3 Å². The lowest BCUT2D eigenvalue weighted by Crippen LogP contribution is -2.40. The van der Waals surface area contributed by atoms with Crippen LogP contribution in [-0.2, 0) is 11.3 Å². The van der Waals surface area contributed by atoms with Gasteiger partial charge in [0.05, 0.1) is 12.2 Å². The molecule has 28 heavy (non-hydrogen) atoms. The van der Waals surface area contributed by atoms with Crippen molar-refractivity contribution in [1.29, 1.82) is 0 Å². The normalized spacial score (nSPS) is 11.0. The highest BCUT2D eigenvalue weighted by Gasteiger charge is 2.41. The first-order valence-corrected chi connectivity index (χ1v) is 8.59. The number of halogens is 3. The van der Waals surface area contributed by atoms with Gasteiger partial charge in [0.1, 0.15) is 0 Å². The third-order valence-corrected chi connectivity index (χ3v) is 3.76. The van der Waals surface area contributed by atoms with Gasteiger partial charge in [-0.1, -0.05) is 12.1 Å². The number of carbonyl (C=O) groups is 2. The molecule has 0 saturated carbocycles. The molecule has 2 aromatic rings. The van der Waals surface area contributed by atoms with E-state index in [1.165, 1.54) is 19.2 Å². The Hall–Kier alpha value is -3.10. The summed E-state index contributed by atoms with van der Waals surface area (Å²) in [6.07, 6.45) is -3.56. The van der Waals surface area contributed by atoms with Crippen molar-refractivity contribution in [3.8, 4) is 5.88 Å². The van der Waals surface area contributed by atoms with Crippen LogP contribution in [0, 0.1) is 0 Å². The van der Waals surface area contributed by atoms with Crippen LogP contribution in [0.2, 0.25) is 0 Å². The zero-order valence-corrected chi connectivity index (χ0v) is 15.4. The summed E-state index contributed by atoms with van der Waals surface area (Å²) in [5.41, 5.74) is 1.16. The Labute approximate surface area is 160 Å². The molecule has 2 amide bonds. The van der Waals surface area contributed by atoms with Crippen molar-refractivity contribution in [3.63, 3.8) is 0 Å². The van der Waals surface area contributed by atoms with Gasteiger partial charge in [-0.25, -0.2) is 4.98 Å². The van der Waals surface area contributed by atoms with Crippen LogP contribution >= 0.6 is 0 Å². The van der Waals surface area contributed by atoms with Gasteiger partial charge in [-0.05, 0) is 37.6 Å². The van der Waals surface area contributed by atoms with Crippen molar-refractivity contribution in [1.82, 2.24) is 9.88 Å². The van der Waals surface area contributed by atoms with E-state index in [-0.39, 0.29) is 13.1 Å². The second-order valence-electron chi connectivity index (χ2n) is 5.79. The van der Waals surface area contributed by atoms with Crippen molar-refractivity contribution in [3.05, 3.63) is 53.7 Å². The Morgan fingerprint density at radius 1 is 1.18 bits per heavy atom. The molecule has 0 atom stereocenters. The van der Waals surface area contributed by atoms with Crippen molar-refractivity contribution in [2.24, 2.45) is 0 Å². The molecule has 0 radical (unpaired) electrons. The monoisotopic (exact) mass is 395 g/mol. The maximum absolute atomic E-state index is 12.6. The summed E-state index contributed by atoms with van der Waals surface area (Å²) in [5, 5.41) is 2.66. The van der Waals surface area contributed by atoms with Gasteiger partial charge in [0.25, 0.3) is 5.91 Å². The third-order valence-electron chi connectivity index (χ3n) is 3.76. The molecule has 1 heterocycles. The molecule has 1 N–H and O–H groups in total. The number of amides is 2. The minimum atomic E-state index is -4.93. The molecule has 2 rings (SSSR count). The van der Waals surface area contributed by atoms with E-state index in [9.17, 15) is 22.8 Å². The number of aromatic nitrogens is 1. The van der Waals surface area contributed by atoms with E-state index in [4.69, 9.17) is 4.74 Å². The van der Waals surface area contributed by atoms with Gasteiger partial charge in [0.15, 0.2) is 0 Å². The highest BCUT2D eigenvalue weighted by molar-refractivity contribution is 6.04. The summed E-state index contributed by atoms with van der Waals surface area (Å²) < 4.78 is 43.1. The standard InChI is InChI=1S/C19H20F3N3O3/c1-3-25(18(27)19(20,21)22)12-13-6-5-7-15(10-13)24-17(26)14-8-9-16(23-11-14)28-4-2/h5-11H,3-4,12H2,1-2H3,(H,24,26). The molecule has 1 aromatic heterocycles. The van der Waals surface area contributed by atoms with Crippen LogP contribution in [0.4, 0.5) is 18.9 Å². The van der Waals surface area contributed by atoms with E-state index in [0.717, 1.165) is 0 Å². The van der Waals surface area contributed by atoms with Crippen LogP contribution in [0.5, 0.6) is 5.88 Å². The largest absolute Gasteiger partial charge is 0.478 e. The molecule has 0 aliphatic carbocycles. The molecule has 9 heteroatoms. The van der Waals surface area contributed by atoms with Crippen LogP contribution in [0.25, 0.3) is 0 Å². The molecule has 0 unspecified atom stereocenters. The number of rotatable bonds is 7. The molecule has 0 aliphatic rings. The van der Waals surface area contributed by atoms with E-state index >= 15 is 0 Å². The van der Waals surface area contributed by atoms with Crippen molar-refractivity contribution >= 4 is 17.5 Å². The van der Waals surface area contributed by atoms with Crippen molar-refractivity contribution in [2.45, 2.75) is 26.6 Å². The molecule has 0 fully saturated rings. The Kier molecular flexibility index (Phi) is 6.97. The lowest BCUT2D eigenvalue weighted by atomic mass is 10.1. The number of hydrogen-bond acceptors (Lipinski definition) is 4. The second-order valence-corrected chi connectivity index (χ2v) is 5.79. The Morgan fingerprint density at radius 3 is 2.50 bits per heavy atom. The van der Waals surface area contributed by atoms with Crippen LogP contribution < -0.4 is 10.1 Å². The number of carbonyl (C=O) groups excluding carboxylic acids is 2. The fourth-order valence-corrected chi connectivity index (χ4v) is 2.43. The van der Waals surface area contributed by atoms with Crippen LogP contribution in [-0.4, -0.2) is 41.0 Å². The van der Waals surface area contributed by atoms with Crippen LogP contribution in [0.1, 0.15) is 29.8 Å². The van der Waals surface area contributed by atoms with Gasteiger partial charge in [-0.15, -0.1) is 0 Å². The maximum Gasteiger partial charge on any atom is 0.471 e. The third kappa shape index (κ3) is 5.70. The molecule has 0 saturated heterocycles. The van der Waals surface area contributed by atoms with E-state index in [0.29, 0.717) is 34.2 Å². The average Bonchev–Trinajstić information content (AvgIpc) is 2.66. The number of alkyl halides is 3. The minimum absolute atomic E-state index is 0.0905. The van der Waals surface area contributed by atoms with Gasteiger partial charge in [0, 0.05) is 31.0 Å². The molecule has 1 aromatic carbocycles. The second kappa shape index (κ2) is 9.20. The van der Waals surface area contributed by atoms with Crippen molar-refractivity contribution in [2.75, 3.05) is 18.5 Å². The zero-order valence-electron chi connectivity index (χ0n) is 15.4. The molecule has 6 nitrogen and oxygen atoms in total. The number of anilines is 1. The maximum atomic E-state index is 12.6. The van der Waals surface area contributed by atoms with E-state index in [1.54, 1.807) is 30.3 Å². The summed E-state index contributed by atoms with van der Waals surface area (Å²) in [6.45, 7) is 3.43. The highest BCUT2D eigenvalue weighted by atomic mass is 19.4. The van der Waals surface area contributed by atoms with Gasteiger partial charge < -0.3 is 15.0 Å². The summed E-state index contributed by atoms with van der Waals surface area (Å²) in [6, 6.07) is 9.42. The summed E-state index contributed by atoms with van der Waals surface area (Å²) in [5.74, 6) is -1.92. The molecule has 0 spiro atoms. The van der Waals surface area contributed by atoms with Crippen molar-refractivity contribution < 1.29 is 27.5 Å². The van der Waals surface area contributed by atoms with E-state index in [1.807, 2.05) is 6.92 Å². The molecule has 0 aliphatic heterocycles. The van der Waals surface area contributed by atoms with Crippen LogP contribution in [0.15, 0.2) is 42.6 Å². The van der Waals surface area contributed by atoms with Gasteiger partial charge in [-0.3, -0.25) is 9.59 Å². The van der Waals surface area contributed by atoms with Gasteiger partial charge >= 0.3 is 12.1 Å². The lowest BCUT2D eigenvalue weighted by molar-refractivity contribution is -0.185. The quantitative estimate of drug-likeness (QED) is 0.777. The minimum Gasteiger partial charge on any atom is -0.478 e. The highest BCUT2D eigenvalue weighted by Crippen LogP contribution is 2.21. The summed E-state index contributed by atoms with van der Waals surface area (Å²) in [7, 11) is 0. The molecular formula is C19H20F3N3O3. The van der Waals surface area contributed by atoms with Gasteiger partial charge in [0.2, 0.25) is 5.88 Å². The smallest absolute Gasteiger partial charge is 0.471 e. The fraction of sp³-hybridized carbons (Fsp3) is 0.316. The SMILES string of the molecule is CCOc1ccc(C(=O)Nc2cccc(CN(CC)C(=O)C(F)(F)F)c2)cn1. The number of nitrogens with zero attached hydrogens (tertiary/aromatic N) is 2. The molecule has 150 valence electrons. The predicted molar refractivity (Wildman–Crippen MR) is 96.9 cm³/mol. The Balaban J connectivity index is 2.08. The predicted octanol–water partition coefficient (Wildman–Crippen LogP) is 3.64. The summed E-state index contributed by atoms with van der Waals surface area (Å²) >= 11 is 0. The molecule has 0 bridgehead atoms. The zero-order chi connectivity index (χ0) is 20.7. The summed E-state index contributed by atoms with van der Waals surface area (Å²) in [4.78, 5) is 28.4. The number of ether oxygens (including phenoxy) is 1. The average molecular weight is 395 g/mol. The van der Waals surface area contributed by atoms with Crippen LogP contribution in [0.3, 0.4) is 0 Å². The number of nitrogens with one attached hydrogen (secondary N) is 1. The number of benzene rings is 1. The van der Waals surface area contributed by atoms with E-state index < -0.39 is 18.0 Å². The molecular weight excluding hydrogens is 375 g/mol. The first kappa shape index (κ1) is 21.2. The lowest BCUT2D eigenvalue weighted by Gasteiger charge is -2.22. The number of pyridine rings is 1. The Bertz CT molecular complexity index is 823. The number of hydrogen-bond donors (Lipinski definition) is 1.